The number of benzene rings is 2. The van der Waals surface area contributed by atoms with Crippen molar-refractivity contribution < 1.29 is 29.0 Å². The fourth-order valence-electron chi connectivity index (χ4n) is 1.95. The molecule has 2 aromatic carbocycles. The molecule has 2 rings (SSSR count). The molecular weight excluding hydrogens is 314 g/mol. The van der Waals surface area contributed by atoms with Gasteiger partial charge in [-0.15, -0.1) is 0 Å². The van der Waals surface area contributed by atoms with Gasteiger partial charge in [0.25, 0.3) is 5.91 Å². The number of amides is 1. The monoisotopic (exact) mass is 329 g/mol. The van der Waals surface area contributed by atoms with Gasteiger partial charge in [0.1, 0.15) is 11.3 Å². The number of nitrogens with one attached hydrogen (secondary N) is 1. The Kier molecular flexibility index (Phi) is 5.16. The second-order valence-electron chi connectivity index (χ2n) is 4.77. The van der Waals surface area contributed by atoms with E-state index in [0.29, 0.717) is 5.75 Å². The number of rotatable bonds is 4. The van der Waals surface area contributed by atoms with Gasteiger partial charge in [-0.2, -0.15) is 0 Å². The van der Waals surface area contributed by atoms with E-state index in [4.69, 9.17) is 4.74 Å². The van der Waals surface area contributed by atoms with Gasteiger partial charge in [0, 0.05) is 12.5 Å². The quantitative estimate of drug-likeness (QED) is 0.507. The number of phenols is 1. The van der Waals surface area contributed by atoms with E-state index in [1.807, 2.05) is 0 Å². The van der Waals surface area contributed by atoms with Crippen molar-refractivity contribution in [1.82, 2.24) is 0 Å². The van der Waals surface area contributed by atoms with Crippen molar-refractivity contribution in [2.75, 3.05) is 12.4 Å². The van der Waals surface area contributed by atoms with Crippen LogP contribution in [0.25, 0.3) is 0 Å². The van der Waals surface area contributed by atoms with Gasteiger partial charge in [-0.05, 0) is 36.4 Å². The fourth-order valence-corrected chi connectivity index (χ4v) is 1.95. The molecule has 0 unspecified atom stereocenters. The molecule has 1 amide bonds. The Morgan fingerprint density at radius 2 is 1.71 bits per heavy atom. The minimum Gasteiger partial charge on any atom is -0.505 e. The Morgan fingerprint density at radius 3 is 2.29 bits per heavy atom. The van der Waals surface area contributed by atoms with Gasteiger partial charge in [0.2, 0.25) is 0 Å². The van der Waals surface area contributed by atoms with Crippen LogP contribution in [-0.2, 0) is 9.53 Å². The molecule has 0 heterocycles. The molecule has 0 fully saturated rings. The van der Waals surface area contributed by atoms with Crippen molar-refractivity contribution in [3.8, 4) is 11.5 Å². The Hall–Kier alpha value is -3.35. The molecule has 0 saturated heterocycles. The summed E-state index contributed by atoms with van der Waals surface area (Å²) in [4.78, 5) is 34.6. The lowest BCUT2D eigenvalue weighted by Crippen LogP contribution is -2.13. The smallest absolute Gasteiger partial charge is 0.341 e. The highest BCUT2D eigenvalue weighted by atomic mass is 16.5. The first-order valence-corrected chi connectivity index (χ1v) is 6.92. The molecule has 0 aliphatic rings. The number of carbonyl (C=O) groups excluding carboxylic acids is 3. The van der Waals surface area contributed by atoms with Gasteiger partial charge in [0.15, 0.2) is 5.75 Å². The molecule has 2 N–H and O–H groups in total. The van der Waals surface area contributed by atoms with Crippen LogP contribution in [0.3, 0.4) is 0 Å². The van der Waals surface area contributed by atoms with E-state index in [2.05, 4.69) is 10.1 Å². The van der Waals surface area contributed by atoms with Gasteiger partial charge in [-0.3, -0.25) is 9.59 Å². The fraction of sp³-hybridized carbons (Fsp3) is 0.118. The Labute approximate surface area is 137 Å². The Bertz CT molecular complexity index is 782. The zero-order chi connectivity index (χ0) is 17.7. The van der Waals surface area contributed by atoms with Crippen molar-refractivity contribution >= 4 is 23.5 Å². The molecule has 7 heteroatoms. The zero-order valence-corrected chi connectivity index (χ0v) is 13.0. The third kappa shape index (κ3) is 3.89. The molecule has 0 atom stereocenters. The minimum absolute atomic E-state index is 0.0551. The van der Waals surface area contributed by atoms with Gasteiger partial charge >= 0.3 is 11.9 Å². The number of hydrogen-bond acceptors (Lipinski definition) is 6. The van der Waals surface area contributed by atoms with Gasteiger partial charge in [0.05, 0.1) is 12.8 Å². The number of para-hydroxylation sites is 1. The van der Waals surface area contributed by atoms with Crippen LogP contribution in [0.1, 0.15) is 27.6 Å². The van der Waals surface area contributed by atoms with Crippen LogP contribution < -0.4 is 10.1 Å². The summed E-state index contributed by atoms with van der Waals surface area (Å²) >= 11 is 0. The zero-order valence-electron chi connectivity index (χ0n) is 13.0. The second kappa shape index (κ2) is 7.28. The second-order valence-corrected chi connectivity index (χ2v) is 4.77. The van der Waals surface area contributed by atoms with E-state index in [9.17, 15) is 19.5 Å². The molecule has 7 nitrogen and oxygen atoms in total. The maximum Gasteiger partial charge on any atom is 0.341 e. The molecule has 2 aromatic rings. The summed E-state index contributed by atoms with van der Waals surface area (Å²) in [5.74, 6) is -1.74. The number of ether oxygens (including phenoxy) is 2. The highest BCUT2D eigenvalue weighted by molar-refractivity contribution is 6.06. The van der Waals surface area contributed by atoms with Crippen molar-refractivity contribution in [1.29, 1.82) is 0 Å². The minimum atomic E-state index is -0.714. The lowest BCUT2D eigenvalue weighted by Gasteiger charge is -2.10. The molecule has 0 spiro atoms. The van der Waals surface area contributed by atoms with Gasteiger partial charge in [-0.25, -0.2) is 4.79 Å². The van der Waals surface area contributed by atoms with E-state index in [1.54, 1.807) is 0 Å². The normalized spacial score (nSPS) is 9.92. The first kappa shape index (κ1) is 17.0. The number of methoxy groups -OCH3 is 1. The van der Waals surface area contributed by atoms with Crippen LogP contribution >= 0.6 is 0 Å². The highest BCUT2D eigenvalue weighted by Gasteiger charge is 2.16. The van der Waals surface area contributed by atoms with Crippen LogP contribution in [-0.4, -0.2) is 30.1 Å². The van der Waals surface area contributed by atoms with Gasteiger partial charge < -0.3 is 19.9 Å². The van der Waals surface area contributed by atoms with Crippen molar-refractivity contribution in [2.24, 2.45) is 0 Å². The number of anilines is 1. The van der Waals surface area contributed by atoms with Crippen LogP contribution in [0.5, 0.6) is 11.5 Å². The van der Waals surface area contributed by atoms with E-state index < -0.39 is 17.8 Å². The van der Waals surface area contributed by atoms with Crippen LogP contribution in [0.4, 0.5) is 5.69 Å². The molecule has 124 valence electrons. The lowest BCUT2D eigenvalue weighted by atomic mass is 10.1. The van der Waals surface area contributed by atoms with Crippen molar-refractivity contribution in [3.63, 3.8) is 0 Å². The molecule has 0 aliphatic carbocycles. The van der Waals surface area contributed by atoms with Crippen LogP contribution in [0, 0.1) is 0 Å². The lowest BCUT2D eigenvalue weighted by molar-refractivity contribution is -0.131. The SMILES string of the molecule is COC(=O)c1cccc(NC(=O)c2ccc(OC(C)=O)cc2)c1O. The third-order valence-corrected chi connectivity index (χ3v) is 3.07. The van der Waals surface area contributed by atoms with Crippen molar-refractivity contribution in [2.45, 2.75) is 6.92 Å². The van der Waals surface area contributed by atoms with Crippen LogP contribution in [0.15, 0.2) is 42.5 Å². The van der Waals surface area contributed by atoms with E-state index in [0.717, 1.165) is 0 Å². The average molecular weight is 329 g/mol. The standard InChI is InChI=1S/C17H15NO6/c1-10(19)24-12-8-6-11(7-9-12)16(21)18-14-5-3-4-13(15(14)20)17(22)23-2/h3-9,20H,1-2H3,(H,18,21). The first-order chi connectivity index (χ1) is 11.4. The predicted molar refractivity (Wildman–Crippen MR) is 85.2 cm³/mol. The van der Waals surface area contributed by atoms with E-state index >= 15 is 0 Å². The number of hydrogen-bond donors (Lipinski definition) is 2. The molecule has 0 aliphatic heterocycles. The summed E-state index contributed by atoms with van der Waals surface area (Å²) in [7, 11) is 1.19. The van der Waals surface area contributed by atoms with Crippen LogP contribution in [0.2, 0.25) is 0 Å². The van der Waals surface area contributed by atoms with E-state index in [-0.39, 0.29) is 22.6 Å². The molecule has 0 radical (unpaired) electrons. The highest BCUT2D eigenvalue weighted by Crippen LogP contribution is 2.28. The number of aromatic hydroxyl groups is 1. The predicted octanol–water partition coefficient (Wildman–Crippen LogP) is 2.36. The Morgan fingerprint density at radius 1 is 1.04 bits per heavy atom. The number of carbonyl (C=O) groups is 3. The number of phenolic OH excluding ortho intramolecular Hbond substituents is 1. The Balaban J connectivity index is 2.18. The van der Waals surface area contributed by atoms with Gasteiger partial charge in [-0.1, -0.05) is 6.07 Å². The molecule has 24 heavy (non-hydrogen) atoms. The molecule has 0 bridgehead atoms. The summed E-state index contributed by atoms with van der Waals surface area (Å²) in [6.45, 7) is 1.28. The maximum absolute atomic E-state index is 12.2. The van der Waals surface area contributed by atoms with E-state index in [1.165, 1.54) is 56.5 Å². The molecular formula is C17H15NO6. The number of esters is 2. The molecule has 0 saturated carbocycles. The first-order valence-electron chi connectivity index (χ1n) is 6.92. The summed E-state index contributed by atoms with van der Waals surface area (Å²) in [6.07, 6.45) is 0. The summed E-state index contributed by atoms with van der Waals surface area (Å²) < 4.78 is 9.43. The summed E-state index contributed by atoms with van der Waals surface area (Å²) in [5.41, 5.74) is 0.307. The average Bonchev–Trinajstić information content (AvgIpc) is 2.56. The summed E-state index contributed by atoms with van der Waals surface area (Å²) in [6, 6.07) is 10.2. The molecule has 0 aromatic heterocycles. The van der Waals surface area contributed by atoms with Crippen molar-refractivity contribution in [3.05, 3.63) is 53.6 Å². The third-order valence-electron chi connectivity index (χ3n) is 3.07. The maximum atomic E-state index is 12.2. The topological polar surface area (TPSA) is 102 Å². The summed E-state index contributed by atoms with van der Waals surface area (Å²) in [5, 5.41) is 12.6. The largest absolute Gasteiger partial charge is 0.505 e.